The van der Waals surface area contributed by atoms with E-state index in [1.807, 2.05) is 51.1 Å². The summed E-state index contributed by atoms with van der Waals surface area (Å²) in [6.45, 7) is 5.93. The zero-order chi connectivity index (χ0) is 40.3. The van der Waals surface area contributed by atoms with Gasteiger partial charge in [-0.25, -0.2) is 4.79 Å². The Bertz CT molecular complexity index is 2050. The zero-order valence-electron chi connectivity index (χ0n) is 32.1. The largest absolute Gasteiger partial charge is 0.573 e. The lowest BCUT2D eigenvalue weighted by atomic mass is 9.64. The number of methoxy groups -OCH3 is 1. The predicted octanol–water partition coefficient (Wildman–Crippen LogP) is 9.97. The summed E-state index contributed by atoms with van der Waals surface area (Å²) in [5, 5.41) is 26.9. The second-order valence-electron chi connectivity index (χ2n) is 15.4. The molecular formula is C44H49F3N2O6S. The Labute approximate surface area is 330 Å². The van der Waals surface area contributed by atoms with Crippen LogP contribution in [0.4, 0.5) is 23.7 Å². The highest BCUT2D eigenvalue weighted by molar-refractivity contribution is 7.14. The minimum Gasteiger partial charge on any atom is -0.497 e. The minimum absolute atomic E-state index is 0.0190. The number of aryl methyl sites for hydroxylation is 1. The molecule has 56 heavy (non-hydrogen) atoms. The van der Waals surface area contributed by atoms with E-state index in [0.717, 1.165) is 21.6 Å². The Balaban J connectivity index is 1.39. The van der Waals surface area contributed by atoms with Crippen LogP contribution in [0.15, 0.2) is 90.5 Å². The number of anilines is 1. The average molecular weight is 791 g/mol. The first-order chi connectivity index (χ1) is 26.6. The first kappa shape index (κ1) is 41.0. The number of rotatable bonds is 9. The van der Waals surface area contributed by atoms with E-state index in [0.29, 0.717) is 72.4 Å². The molecule has 2 amide bonds. The average Bonchev–Trinajstić information content (AvgIpc) is 3.70. The summed E-state index contributed by atoms with van der Waals surface area (Å²) in [5.41, 5.74) is 2.13. The van der Waals surface area contributed by atoms with Gasteiger partial charge in [-0.1, -0.05) is 42.8 Å². The van der Waals surface area contributed by atoms with E-state index in [1.165, 1.54) is 40.5 Å². The first-order valence-electron chi connectivity index (χ1n) is 18.9. The number of thiophene rings is 1. The highest BCUT2D eigenvalue weighted by Gasteiger charge is 2.57. The van der Waals surface area contributed by atoms with Crippen molar-refractivity contribution < 1.29 is 42.4 Å². The molecule has 8 nitrogen and oxygen atoms in total. The van der Waals surface area contributed by atoms with E-state index in [4.69, 9.17) is 4.74 Å². The van der Waals surface area contributed by atoms with Crippen molar-refractivity contribution in [1.82, 2.24) is 4.90 Å². The van der Waals surface area contributed by atoms with E-state index >= 15 is 0 Å². The third kappa shape index (κ3) is 9.47. The third-order valence-corrected chi connectivity index (χ3v) is 12.5. The van der Waals surface area contributed by atoms with Gasteiger partial charge in [0.1, 0.15) is 11.5 Å². The molecule has 0 saturated heterocycles. The molecule has 12 heteroatoms. The molecule has 3 aliphatic rings. The fraction of sp³-hybridized carbons (Fsp3) is 0.409. The zero-order valence-corrected chi connectivity index (χ0v) is 32.9. The van der Waals surface area contributed by atoms with Crippen LogP contribution in [-0.4, -0.2) is 58.6 Å². The topological polar surface area (TPSA) is 108 Å². The number of urea groups is 1. The maximum Gasteiger partial charge on any atom is 0.573 e. The highest BCUT2D eigenvalue weighted by atomic mass is 32.1. The summed E-state index contributed by atoms with van der Waals surface area (Å²) < 4.78 is 48.1. The molecule has 3 aromatic carbocycles. The number of ketones is 1. The lowest BCUT2D eigenvalue weighted by Gasteiger charge is -2.46. The second kappa shape index (κ2) is 16.8. The fourth-order valence-corrected chi connectivity index (χ4v) is 9.12. The van der Waals surface area contributed by atoms with Gasteiger partial charge in [0, 0.05) is 28.1 Å². The second-order valence-corrected chi connectivity index (χ2v) is 16.7. The van der Waals surface area contributed by atoms with E-state index in [9.17, 15) is 33.0 Å². The van der Waals surface area contributed by atoms with E-state index in [1.54, 1.807) is 31.4 Å². The molecule has 4 aromatic rings. The van der Waals surface area contributed by atoms with Crippen molar-refractivity contribution >= 4 is 28.8 Å². The van der Waals surface area contributed by atoms with Gasteiger partial charge >= 0.3 is 12.4 Å². The number of fused-ring (bicyclic) bond motifs is 8. The number of benzene rings is 3. The number of hydrogen-bond acceptors (Lipinski definition) is 7. The van der Waals surface area contributed by atoms with Crippen LogP contribution in [0.2, 0.25) is 0 Å². The summed E-state index contributed by atoms with van der Waals surface area (Å²) in [4.78, 5) is 31.6. The maximum absolute atomic E-state index is 14.3. The molecule has 0 spiro atoms. The Morgan fingerprint density at radius 3 is 2.34 bits per heavy atom. The fourth-order valence-electron chi connectivity index (χ4n) is 8.29. The molecule has 7 rings (SSSR count). The highest BCUT2D eigenvalue weighted by Crippen LogP contribution is 2.59. The van der Waals surface area contributed by atoms with Crippen molar-refractivity contribution in [3.05, 3.63) is 123 Å². The molecule has 1 heterocycles. The number of aliphatic hydroxyl groups is 2. The maximum atomic E-state index is 14.3. The summed E-state index contributed by atoms with van der Waals surface area (Å²) in [6, 6.07) is 21.3. The standard InChI is InChI=1S/C44H49F3N2O6S/c1-28-6-5-22-42(3)38(36-19-11-31(24-33(50)14-7-28)25-37(36)40(51)39-20-8-29(2)56-39)21-23-43(42,53)27-49(41(52)48-32-12-17-34(54-4)18-13-32)26-30-9-15-35(16-10-30)55-44(45,46)47/h6,8-13,15-20,25,33,38,50,53H,5,7,14,21-24,26-27H2,1-4H3,(H,48,52). The number of amides is 2. The molecule has 1 saturated carbocycles. The summed E-state index contributed by atoms with van der Waals surface area (Å²) in [5.74, 6) is -0.150. The van der Waals surface area contributed by atoms with Gasteiger partial charge in [0.25, 0.3) is 0 Å². The summed E-state index contributed by atoms with van der Waals surface area (Å²) in [6.07, 6.45) is 0.458. The number of carbonyl (C=O) groups excluding carboxylic acids is 2. The number of halogens is 3. The SMILES string of the molecule is COc1ccc(NC(=O)N(Cc2ccc(OC(F)(F)F)cc2)CC2(O)CCC3c4ccc(cc4C(=O)c4ccc(C)s4)CC(O)CCC(C)=CCCC32C)cc1. The van der Waals surface area contributed by atoms with E-state index in [-0.39, 0.29) is 30.5 Å². The molecule has 0 aliphatic heterocycles. The number of hydrogen-bond donors (Lipinski definition) is 3. The molecule has 1 fully saturated rings. The van der Waals surface area contributed by atoms with Crippen molar-refractivity contribution in [2.45, 2.75) is 96.2 Å². The minimum atomic E-state index is -4.85. The number of alkyl halides is 3. The van der Waals surface area contributed by atoms with Crippen LogP contribution in [0.25, 0.3) is 0 Å². The van der Waals surface area contributed by atoms with Gasteiger partial charge in [-0.2, -0.15) is 0 Å². The van der Waals surface area contributed by atoms with Crippen LogP contribution >= 0.6 is 11.3 Å². The van der Waals surface area contributed by atoms with E-state index in [2.05, 4.69) is 16.1 Å². The molecule has 2 bridgehead atoms. The number of allylic oxidation sites excluding steroid dienone is 2. The van der Waals surface area contributed by atoms with Crippen molar-refractivity contribution in [1.29, 1.82) is 0 Å². The van der Waals surface area contributed by atoms with Gasteiger partial charge in [0.05, 0.1) is 30.2 Å². The molecule has 3 N–H and O–H groups in total. The summed E-state index contributed by atoms with van der Waals surface area (Å²) in [7, 11) is 1.54. The lowest BCUT2D eigenvalue weighted by Crippen LogP contribution is -2.54. The number of aliphatic hydroxyl groups excluding tert-OH is 1. The van der Waals surface area contributed by atoms with Crippen molar-refractivity contribution in [2.24, 2.45) is 5.41 Å². The van der Waals surface area contributed by atoms with Crippen LogP contribution in [0, 0.1) is 12.3 Å². The van der Waals surface area contributed by atoms with Gasteiger partial charge in [-0.15, -0.1) is 24.5 Å². The number of ether oxygens (including phenoxy) is 2. The van der Waals surface area contributed by atoms with Gasteiger partial charge in [-0.3, -0.25) is 4.79 Å². The number of carbonyl (C=O) groups is 2. The predicted molar refractivity (Wildman–Crippen MR) is 211 cm³/mol. The molecule has 298 valence electrons. The van der Waals surface area contributed by atoms with Gasteiger partial charge in [0.15, 0.2) is 0 Å². The normalized spacial score (nSPS) is 22.8. The number of nitrogens with one attached hydrogen (secondary N) is 1. The van der Waals surface area contributed by atoms with Crippen molar-refractivity contribution in [2.75, 3.05) is 19.0 Å². The van der Waals surface area contributed by atoms with Crippen LogP contribution in [0.3, 0.4) is 0 Å². The van der Waals surface area contributed by atoms with Gasteiger partial charge in [-0.05, 0) is 136 Å². The van der Waals surface area contributed by atoms with Crippen LogP contribution in [0.5, 0.6) is 11.5 Å². The van der Waals surface area contributed by atoms with Crippen molar-refractivity contribution in [3.63, 3.8) is 0 Å². The monoisotopic (exact) mass is 790 g/mol. The Morgan fingerprint density at radius 1 is 0.964 bits per heavy atom. The first-order valence-corrected chi connectivity index (χ1v) is 19.7. The molecule has 0 radical (unpaired) electrons. The number of nitrogens with zero attached hydrogens (tertiary/aromatic N) is 1. The van der Waals surface area contributed by atoms with Crippen molar-refractivity contribution in [3.8, 4) is 11.5 Å². The van der Waals surface area contributed by atoms with Crippen LogP contribution < -0.4 is 14.8 Å². The lowest BCUT2D eigenvalue weighted by molar-refractivity contribution is -0.274. The molecule has 4 atom stereocenters. The van der Waals surface area contributed by atoms with E-state index < -0.39 is 29.5 Å². The van der Waals surface area contributed by atoms with Gasteiger partial charge < -0.3 is 29.9 Å². The Morgan fingerprint density at radius 2 is 1.68 bits per heavy atom. The molecule has 1 aromatic heterocycles. The molecule has 3 aliphatic carbocycles. The van der Waals surface area contributed by atoms with Crippen LogP contribution in [-0.2, 0) is 13.0 Å². The molecular weight excluding hydrogens is 742 g/mol. The Hall–Kier alpha value is -4.65. The summed E-state index contributed by atoms with van der Waals surface area (Å²) >= 11 is 1.43. The quantitative estimate of drug-likeness (QED) is 0.115. The molecule has 4 unspecified atom stereocenters. The van der Waals surface area contributed by atoms with Gasteiger partial charge in [0.2, 0.25) is 5.78 Å². The Kier molecular flexibility index (Phi) is 12.3. The smallest absolute Gasteiger partial charge is 0.497 e. The van der Waals surface area contributed by atoms with Crippen LogP contribution in [0.1, 0.15) is 95.1 Å². The third-order valence-electron chi connectivity index (χ3n) is 11.5.